The van der Waals surface area contributed by atoms with Crippen molar-refractivity contribution in [2.24, 2.45) is 17.8 Å². The molecule has 0 aliphatic heterocycles. The van der Waals surface area contributed by atoms with E-state index in [4.69, 9.17) is 4.74 Å². The van der Waals surface area contributed by atoms with E-state index in [0.717, 1.165) is 63.7 Å². The summed E-state index contributed by atoms with van der Waals surface area (Å²) >= 11 is 0. The topological polar surface area (TPSA) is 43.4 Å². The van der Waals surface area contributed by atoms with Gasteiger partial charge in [-0.05, 0) is 80.4 Å². The first-order chi connectivity index (χ1) is 13.6. The number of unbranched alkanes of at least 4 members (excludes halogenated alkanes) is 1. The number of Topliss-reactive ketones (excluding diaryl/α,β-unsaturated/α-hetero) is 2. The van der Waals surface area contributed by atoms with Gasteiger partial charge in [0, 0.05) is 12.8 Å². The molecule has 1 aromatic carbocycles. The summed E-state index contributed by atoms with van der Waals surface area (Å²) in [6.45, 7) is 5.07. The highest BCUT2D eigenvalue weighted by molar-refractivity contribution is 6.02. The Morgan fingerprint density at radius 2 is 1.75 bits per heavy atom. The number of ether oxygens (including phenoxy) is 1. The molecule has 2 saturated carbocycles. The van der Waals surface area contributed by atoms with Crippen LogP contribution in [0.3, 0.4) is 0 Å². The molecule has 1 aromatic rings. The van der Waals surface area contributed by atoms with E-state index in [1.165, 1.54) is 5.56 Å². The zero-order chi connectivity index (χ0) is 19.9. The molecule has 0 aromatic heterocycles. The van der Waals surface area contributed by atoms with Gasteiger partial charge in [0.2, 0.25) is 0 Å². The molecule has 3 heteroatoms. The van der Waals surface area contributed by atoms with Gasteiger partial charge in [0.15, 0.2) is 0 Å². The van der Waals surface area contributed by atoms with Gasteiger partial charge in [0.25, 0.3) is 0 Å². The van der Waals surface area contributed by atoms with E-state index in [1.807, 2.05) is 0 Å². The number of hydrogen-bond donors (Lipinski definition) is 0. The third-order valence-corrected chi connectivity index (χ3v) is 6.73. The van der Waals surface area contributed by atoms with Crippen molar-refractivity contribution in [2.75, 3.05) is 6.61 Å². The second-order valence-corrected chi connectivity index (χ2v) is 9.06. The van der Waals surface area contributed by atoms with E-state index in [0.29, 0.717) is 30.6 Å². The van der Waals surface area contributed by atoms with Gasteiger partial charge in [-0.25, -0.2) is 0 Å². The smallest absolute Gasteiger partial charge is 0.143 e. The quantitative estimate of drug-likeness (QED) is 0.401. The molecule has 0 N–H and O–H groups in total. The largest absolute Gasteiger partial charge is 0.494 e. The van der Waals surface area contributed by atoms with E-state index in [1.54, 1.807) is 0 Å². The SMILES string of the molecule is CCCCOc1ccc([C@H]2CC[C@H](CC(=O)C3CCC(C)CC3=O)CC2)cc1. The Bertz CT molecular complexity index is 640. The molecule has 2 aliphatic carbocycles. The van der Waals surface area contributed by atoms with E-state index in [9.17, 15) is 9.59 Å². The minimum atomic E-state index is -0.297. The van der Waals surface area contributed by atoms with Gasteiger partial charge >= 0.3 is 0 Å². The van der Waals surface area contributed by atoms with Crippen LogP contribution < -0.4 is 4.74 Å². The Morgan fingerprint density at radius 3 is 2.39 bits per heavy atom. The lowest BCUT2D eigenvalue weighted by Gasteiger charge is -2.30. The molecule has 154 valence electrons. The fourth-order valence-electron chi connectivity index (χ4n) is 4.84. The van der Waals surface area contributed by atoms with Crippen LogP contribution in [0.1, 0.15) is 89.5 Å². The van der Waals surface area contributed by atoms with Gasteiger partial charge < -0.3 is 4.74 Å². The fraction of sp³-hybridized carbons (Fsp3) is 0.680. The molecule has 0 saturated heterocycles. The molecule has 0 spiro atoms. The Kier molecular flexibility index (Phi) is 7.70. The summed E-state index contributed by atoms with van der Waals surface area (Å²) in [6, 6.07) is 8.60. The van der Waals surface area contributed by atoms with Gasteiger partial charge in [-0.1, -0.05) is 32.4 Å². The average Bonchev–Trinajstić information content (AvgIpc) is 2.69. The molecule has 2 fully saturated rings. The summed E-state index contributed by atoms with van der Waals surface area (Å²) in [7, 11) is 0. The number of benzene rings is 1. The molecule has 3 rings (SSSR count). The van der Waals surface area contributed by atoms with E-state index in [-0.39, 0.29) is 17.5 Å². The average molecular weight is 385 g/mol. The van der Waals surface area contributed by atoms with Gasteiger partial charge in [0.1, 0.15) is 17.3 Å². The Labute approximate surface area is 170 Å². The molecule has 0 heterocycles. The summed E-state index contributed by atoms with van der Waals surface area (Å²) < 4.78 is 5.76. The summed E-state index contributed by atoms with van der Waals surface area (Å²) in [4.78, 5) is 24.9. The lowest BCUT2D eigenvalue weighted by Crippen LogP contribution is -2.31. The number of hydrogen-bond acceptors (Lipinski definition) is 3. The number of rotatable bonds is 8. The second kappa shape index (κ2) is 10.2. The molecule has 28 heavy (non-hydrogen) atoms. The molecule has 0 bridgehead atoms. The molecule has 2 unspecified atom stereocenters. The van der Waals surface area contributed by atoms with Crippen LogP contribution in [0.5, 0.6) is 5.75 Å². The maximum absolute atomic E-state index is 12.6. The van der Waals surface area contributed by atoms with Gasteiger partial charge in [0.05, 0.1) is 12.5 Å². The molecule has 2 atom stereocenters. The van der Waals surface area contributed by atoms with Crippen molar-refractivity contribution in [1.29, 1.82) is 0 Å². The van der Waals surface area contributed by atoms with Crippen LogP contribution in [0, 0.1) is 17.8 Å². The number of carbonyl (C=O) groups is 2. The zero-order valence-corrected chi connectivity index (χ0v) is 17.6. The van der Waals surface area contributed by atoms with Crippen LogP contribution >= 0.6 is 0 Å². The third kappa shape index (κ3) is 5.68. The van der Waals surface area contributed by atoms with Crippen LogP contribution in [-0.4, -0.2) is 18.2 Å². The lowest BCUT2D eigenvalue weighted by molar-refractivity contribution is -0.135. The van der Waals surface area contributed by atoms with E-state index >= 15 is 0 Å². The maximum atomic E-state index is 12.6. The monoisotopic (exact) mass is 384 g/mol. The molecule has 3 nitrogen and oxygen atoms in total. The van der Waals surface area contributed by atoms with Crippen LogP contribution in [0.2, 0.25) is 0 Å². The first kappa shape index (κ1) is 21.1. The standard InChI is InChI=1S/C25H36O3/c1-3-4-15-28-22-12-10-21(11-13-22)20-8-6-19(7-9-20)17-25(27)23-14-5-18(2)16-24(23)26/h10-13,18-20,23H,3-9,14-17H2,1-2H3/t18?,19-,20-,23?. The normalized spacial score (nSPS) is 28.1. The van der Waals surface area contributed by atoms with Gasteiger partial charge in [-0.3, -0.25) is 9.59 Å². The van der Waals surface area contributed by atoms with Crippen LogP contribution in [-0.2, 0) is 9.59 Å². The van der Waals surface area contributed by atoms with Crippen molar-refractivity contribution in [3.63, 3.8) is 0 Å². The van der Waals surface area contributed by atoms with E-state index < -0.39 is 0 Å². The summed E-state index contributed by atoms with van der Waals surface area (Å²) in [6.07, 6.45) is 9.74. The number of carbonyl (C=O) groups excluding carboxylic acids is 2. The fourth-order valence-corrected chi connectivity index (χ4v) is 4.84. The van der Waals surface area contributed by atoms with Crippen molar-refractivity contribution in [3.05, 3.63) is 29.8 Å². The summed E-state index contributed by atoms with van der Waals surface area (Å²) in [5, 5.41) is 0. The Balaban J connectivity index is 1.44. The van der Waals surface area contributed by atoms with Crippen LogP contribution in [0.25, 0.3) is 0 Å². The van der Waals surface area contributed by atoms with Gasteiger partial charge in [-0.2, -0.15) is 0 Å². The zero-order valence-electron chi connectivity index (χ0n) is 17.6. The Hall–Kier alpha value is -1.64. The Morgan fingerprint density at radius 1 is 1.04 bits per heavy atom. The van der Waals surface area contributed by atoms with Crippen LogP contribution in [0.15, 0.2) is 24.3 Å². The highest BCUT2D eigenvalue weighted by Gasteiger charge is 2.33. The highest BCUT2D eigenvalue weighted by atomic mass is 16.5. The number of ketones is 2. The van der Waals surface area contributed by atoms with Crippen molar-refractivity contribution in [1.82, 2.24) is 0 Å². The predicted molar refractivity (Wildman–Crippen MR) is 113 cm³/mol. The third-order valence-electron chi connectivity index (χ3n) is 6.73. The summed E-state index contributed by atoms with van der Waals surface area (Å²) in [5.41, 5.74) is 1.39. The second-order valence-electron chi connectivity index (χ2n) is 9.06. The first-order valence-corrected chi connectivity index (χ1v) is 11.3. The summed E-state index contributed by atoms with van der Waals surface area (Å²) in [5.74, 6) is 2.58. The highest BCUT2D eigenvalue weighted by Crippen LogP contribution is 2.38. The molecule has 0 amide bonds. The van der Waals surface area contributed by atoms with Crippen molar-refractivity contribution >= 4 is 11.6 Å². The van der Waals surface area contributed by atoms with Crippen molar-refractivity contribution in [2.45, 2.75) is 84.0 Å². The van der Waals surface area contributed by atoms with E-state index in [2.05, 4.69) is 38.1 Å². The molecular weight excluding hydrogens is 348 g/mol. The predicted octanol–water partition coefficient (Wildman–Crippen LogP) is 6.10. The van der Waals surface area contributed by atoms with Crippen molar-refractivity contribution in [3.8, 4) is 5.75 Å². The maximum Gasteiger partial charge on any atom is 0.143 e. The van der Waals surface area contributed by atoms with Crippen LogP contribution in [0.4, 0.5) is 0 Å². The first-order valence-electron chi connectivity index (χ1n) is 11.3. The minimum Gasteiger partial charge on any atom is -0.494 e. The molecule has 0 radical (unpaired) electrons. The minimum absolute atomic E-state index is 0.193. The van der Waals surface area contributed by atoms with Crippen molar-refractivity contribution < 1.29 is 14.3 Å². The van der Waals surface area contributed by atoms with Gasteiger partial charge in [-0.15, -0.1) is 0 Å². The lowest BCUT2D eigenvalue weighted by atomic mass is 9.73. The molecular formula is C25H36O3. The molecule has 2 aliphatic rings.